The minimum atomic E-state index is -0.510. The van der Waals surface area contributed by atoms with Gasteiger partial charge in [0, 0.05) is 13.2 Å². The predicted octanol–water partition coefficient (Wildman–Crippen LogP) is 1.40. The number of anilines is 2. The number of nitrogens with one attached hydrogen (secondary N) is 1. The van der Waals surface area contributed by atoms with Gasteiger partial charge in [-0.15, -0.1) is 0 Å². The SMILES string of the molecule is CNc1nc(N)c2ccn(CC(=O)OC(C)(C)C)c2n1. The van der Waals surface area contributed by atoms with E-state index in [0.717, 1.165) is 0 Å². The molecule has 0 bridgehead atoms. The standard InChI is InChI=1S/C13H19N5O2/c1-13(2,3)20-9(19)7-18-6-5-8-10(14)16-12(15-4)17-11(8)18/h5-6H,7H2,1-4H3,(H3,14,15,16,17). The lowest BCUT2D eigenvalue weighted by Gasteiger charge is -2.19. The molecule has 0 saturated carbocycles. The van der Waals surface area contributed by atoms with Crippen LogP contribution in [0.3, 0.4) is 0 Å². The summed E-state index contributed by atoms with van der Waals surface area (Å²) in [5.74, 6) is 0.472. The van der Waals surface area contributed by atoms with Crippen molar-refractivity contribution in [2.24, 2.45) is 0 Å². The first-order chi connectivity index (χ1) is 9.30. The Hall–Kier alpha value is -2.31. The van der Waals surface area contributed by atoms with Crippen molar-refractivity contribution < 1.29 is 9.53 Å². The van der Waals surface area contributed by atoms with E-state index in [1.54, 1.807) is 23.9 Å². The van der Waals surface area contributed by atoms with Crippen LogP contribution in [0.15, 0.2) is 12.3 Å². The van der Waals surface area contributed by atoms with E-state index in [1.165, 1.54) is 0 Å². The van der Waals surface area contributed by atoms with Crippen LogP contribution in [0.2, 0.25) is 0 Å². The summed E-state index contributed by atoms with van der Waals surface area (Å²) in [5.41, 5.74) is 5.95. The van der Waals surface area contributed by atoms with Crippen LogP contribution in [0.5, 0.6) is 0 Å². The van der Waals surface area contributed by atoms with Crippen LogP contribution >= 0.6 is 0 Å². The molecule has 0 aliphatic carbocycles. The molecule has 0 amide bonds. The highest BCUT2D eigenvalue weighted by Crippen LogP contribution is 2.21. The molecule has 0 fully saturated rings. The van der Waals surface area contributed by atoms with Crippen molar-refractivity contribution >= 4 is 28.8 Å². The number of nitrogens with two attached hydrogens (primary N) is 1. The molecule has 0 spiro atoms. The monoisotopic (exact) mass is 277 g/mol. The Morgan fingerprint density at radius 2 is 2.15 bits per heavy atom. The van der Waals surface area contributed by atoms with E-state index in [-0.39, 0.29) is 12.5 Å². The first-order valence-electron chi connectivity index (χ1n) is 6.32. The topological polar surface area (TPSA) is 95.1 Å². The lowest BCUT2D eigenvalue weighted by Crippen LogP contribution is -2.26. The van der Waals surface area contributed by atoms with Gasteiger partial charge in [0.1, 0.15) is 23.6 Å². The predicted molar refractivity (Wildman–Crippen MR) is 77.3 cm³/mol. The molecule has 0 aromatic carbocycles. The van der Waals surface area contributed by atoms with Gasteiger partial charge < -0.3 is 20.4 Å². The van der Waals surface area contributed by atoms with Gasteiger partial charge in [-0.1, -0.05) is 0 Å². The molecule has 2 heterocycles. The van der Waals surface area contributed by atoms with E-state index >= 15 is 0 Å². The minimum Gasteiger partial charge on any atom is -0.459 e. The molecule has 20 heavy (non-hydrogen) atoms. The van der Waals surface area contributed by atoms with E-state index < -0.39 is 5.60 Å². The van der Waals surface area contributed by atoms with Gasteiger partial charge in [0.15, 0.2) is 0 Å². The fraction of sp³-hybridized carbons (Fsp3) is 0.462. The second kappa shape index (κ2) is 4.99. The van der Waals surface area contributed by atoms with E-state index in [4.69, 9.17) is 10.5 Å². The quantitative estimate of drug-likeness (QED) is 0.823. The molecule has 2 aromatic heterocycles. The zero-order valence-corrected chi connectivity index (χ0v) is 12.1. The van der Waals surface area contributed by atoms with Gasteiger partial charge in [0.2, 0.25) is 5.95 Å². The average Bonchev–Trinajstić information content (AvgIpc) is 2.70. The molecular weight excluding hydrogens is 258 g/mol. The summed E-state index contributed by atoms with van der Waals surface area (Å²) >= 11 is 0. The van der Waals surface area contributed by atoms with Gasteiger partial charge >= 0.3 is 5.97 Å². The highest BCUT2D eigenvalue weighted by molar-refractivity contribution is 5.88. The zero-order chi connectivity index (χ0) is 14.9. The maximum absolute atomic E-state index is 11.9. The van der Waals surface area contributed by atoms with Crippen LogP contribution in [0.25, 0.3) is 11.0 Å². The zero-order valence-electron chi connectivity index (χ0n) is 12.1. The summed E-state index contributed by atoms with van der Waals surface area (Å²) in [7, 11) is 1.71. The smallest absolute Gasteiger partial charge is 0.326 e. The molecule has 0 aliphatic heterocycles. The Labute approximate surface area is 117 Å². The summed E-state index contributed by atoms with van der Waals surface area (Å²) in [5, 5.41) is 3.55. The van der Waals surface area contributed by atoms with Gasteiger partial charge in [0.05, 0.1) is 5.39 Å². The molecule has 2 aromatic rings. The van der Waals surface area contributed by atoms with E-state index in [1.807, 2.05) is 20.8 Å². The molecule has 3 N–H and O–H groups in total. The Kier molecular flexibility index (Phi) is 3.52. The summed E-state index contributed by atoms with van der Waals surface area (Å²) in [6.07, 6.45) is 1.75. The summed E-state index contributed by atoms with van der Waals surface area (Å²) in [6.45, 7) is 5.58. The minimum absolute atomic E-state index is 0.0837. The van der Waals surface area contributed by atoms with Gasteiger partial charge in [-0.2, -0.15) is 9.97 Å². The van der Waals surface area contributed by atoms with Crippen LogP contribution in [0.4, 0.5) is 11.8 Å². The van der Waals surface area contributed by atoms with Crippen molar-refractivity contribution in [2.75, 3.05) is 18.1 Å². The Balaban J connectivity index is 2.31. The number of fused-ring (bicyclic) bond motifs is 1. The van der Waals surface area contributed by atoms with E-state index in [0.29, 0.717) is 22.8 Å². The number of ether oxygens (including phenoxy) is 1. The number of carbonyl (C=O) groups excluding carboxylic acids is 1. The van der Waals surface area contributed by atoms with Crippen LogP contribution in [-0.2, 0) is 16.1 Å². The Bertz CT molecular complexity index is 642. The number of rotatable bonds is 3. The highest BCUT2D eigenvalue weighted by atomic mass is 16.6. The summed E-state index contributed by atoms with van der Waals surface area (Å²) in [6, 6.07) is 1.79. The molecule has 0 unspecified atom stereocenters. The maximum atomic E-state index is 11.9. The van der Waals surface area contributed by atoms with Crippen molar-refractivity contribution in [1.29, 1.82) is 0 Å². The number of carbonyl (C=O) groups is 1. The first-order valence-corrected chi connectivity index (χ1v) is 6.32. The van der Waals surface area contributed by atoms with E-state index in [9.17, 15) is 4.79 Å². The van der Waals surface area contributed by atoms with Gasteiger partial charge in [-0.25, -0.2) is 0 Å². The van der Waals surface area contributed by atoms with Crippen LogP contribution in [0.1, 0.15) is 20.8 Å². The molecule has 7 heteroatoms. The van der Waals surface area contributed by atoms with Crippen molar-refractivity contribution in [1.82, 2.24) is 14.5 Å². The van der Waals surface area contributed by atoms with Crippen molar-refractivity contribution in [3.05, 3.63) is 12.3 Å². The molecule has 2 rings (SSSR count). The molecule has 0 aliphatic rings. The van der Waals surface area contributed by atoms with Gasteiger partial charge in [0.25, 0.3) is 0 Å². The molecule has 0 saturated heterocycles. The highest BCUT2D eigenvalue weighted by Gasteiger charge is 2.18. The van der Waals surface area contributed by atoms with Crippen LogP contribution < -0.4 is 11.1 Å². The largest absolute Gasteiger partial charge is 0.459 e. The van der Waals surface area contributed by atoms with Crippen molar-refractivity contribution in [2.45, 2.75) is 32.9 Å². The number of nitrogen functional groups attached to an aromatic ring is 1. The second-order valence-corrected chi connectivity index (χ2v) is 5.45. The third kappa shape index (κ3) is 2.98. The number of aromatic nitrogens is 3. The molecule has 108 valence electrons. The number of esters is 1. The van der Waals surface area contributed by atoms with Crippen LogP contribution in [-0.4, -0.2) is 33.2 Å². The fourth-order valence-corrected chi connectivity index (χ4v) is 1.84. The van der Waals surface area contributed by atoms with Crippen molar-refractivity contribution in [3.8, 4) is 0 Å². The number of hydrogen-bond acceptors (Lipinski definition) is 6. The van der Waals surface area contributed by atoms with E-state index in [2.05, 4.69) is 15.3 Å². The molecule has 0 atom stereocenters. The summed E-state index contributed by atoms with van der Waals surface area (Å²) in [4.78, 5) is 20.3. The van der Waals surface area contributed by atoms with Gasteiger partial charge in [-0.3, -0.25) is 4.79 Å². The third-order valence-corrected chi connectivity index (χ3v) is 2.59. The normalized spacial score (nSPS) is 11.6. The maximum Gasteiger partial charge on any atom is 0.326 e. The third-order valence-electron chi connectivity index (χ3n) is 2.59. The first kappa shape index (κ1) is 14.1. The Morgan fingerprint density at radius 1 is 1.45 bits per heavy atom. The summed E-state index contributed by atoms with van der Waals surface area (Å²) < 4.78 is 6.99. The fourth-order valence-electron chi connectivity index (χ4n) is 1.84. The average molecular weight is 277 g/mol. The second-order valence-electron chi connectivity index (χ2n) is 5.45. The van der Waals surface area contributed by atoms with Crippen LogP contribution in [0, 0.1) is 0 Å². The van der Waals surface area contributed by atoms with Crippen molar-refractivity contribution in [3.63, 3.8) is 0 Å². The molecule has 7 nitrogen and oxygen atoms in total. The molecule has 0 radical (unpaired) electrons. The molecular formula is C13H19N5O2. The lowest BCUT2D eigenvalue weighted by molar-refractivity contribution is -0.155. The van der Waals surface area contributed by atoms with Gasteiger partial charge in [-0.05, 0) is 26.8 Å². The Morgan fingerprint density at radius 3 is 2.75 bits per heavy atom. The lowest BCUT2D eigenvalue weighted by atomic mass is 10.2. The number of hydrogen-bond donors (Lipinski definition) is 2. The number of nitrogens with zero attached hydrogens (tertiary/aromatic N) is 3.